The van der Waals surface area contributed by atoms with E-state index in [0.717, 1.165) is 42.4 Å². The number of aryl methyl sites for hydroxylation is 1. The Hall–Kier alpha value is -0.810. The first-order chi connectivity index (χ1) is 9.28. The summed E-state index contributed by atoms with van der Waals surface area (Å²) in [5, 5.41) is 0.776. The fraction of sp³-hybridized carbons (Fsp3) is 0.714. The predicted molar refractivity (Wildman–Crippen MR) is 79.9 cm³/mol. The highest BCUT2D eigenvalue weighted by Gasteiger charge is 2.11. The minimum Gasteiger partial charge on any atom is -0.303 e. The van der Waals surface area contributed by atoms with Gasteiger partial charge in [-0.3, -0.25) is 4.79 Å². The van der Waals surface area contributed by atoms with Gasteiger partial charge in [0.25, 0.3) is 5.56 Å². The van der Waals surface area contributed by atoms with E-state index in [4.69, 9.17) is 0 Å². The summed E-state index contributed by atoms with van der Waals surface area (Å²) in [5.74, 6) is 1.00. The molecule has 0 spiro atoms. The third-order valence-corrected chi connectivity index (χ3v) is 4.26. The van der Waals surface area contributed by atoms with Crippen molar-refractivity contribution in [1.29, 1.82) is 0 Å². The quantitative estimate of drug-likeness (QED) is 0.615. The van der Waals surface area contributed by atoms with Gasteiger partial charge >= 0.3 is 0 Å². The van der Waals surface area contributed by atoms with Crippen molar-refractivity contribution in [2.24, 2.45) is 0 Å². The van der Waals surface area contributed by atoms with Crippen LogP contribution in [0.15, 0.2) is 16.0 Å². The van der Waals surface area contributed by atoms with E-state index in [1.54, 1.807) is 17.8 Å². The average Bonchev–Trinajstić information content (AvgIpc) is 2.89. The molecule has 1 N–H and O–H groups in total. The van der Waals surface area contributed by atoms with Gasteiger partial charge in [0, 0.05) is 24.1 Å². The van der Waals surface area contributed by atoms with E-state index in [1.807, 2.05) is 0 Å². The van der Waals surface area contributed by atoms with Crippen LogP contribution in [0.1, 0.15) is 38.3 Å². The summed E-state index contributed by atoms with van der Waals surface area (Å²) in [7, 11) is 0. The van der Waals surface area contributed by atoms with E-state index >= 15 is 0 Å². The molecule has 0 bridgehead atoms. The van der Waals surface area contributed by atoms with Crippen molar-refractivity contribution in [3.8, 4) is 0 Å². The van der Waals surface area contributed by atoms with Crippen molar-refractivity contribution < 1.29 is 0 Å². The maximum Gasteiger partial charge on any atom is 0.251 e. The number of thioether (sulfide) groups is 1. The third-order valence-electron chi connectivity index (χ3n) is 3.40. The van der Waals surface area contributed by atoms with Crippen LogP contribution in [-0.2, 0) is 6.42 Å². The summed E-state index contributed by atoms with van der Waals surface area (Å²) in [4.78, 5) is 21.4. The summed E-state index contributed by atoms with van der Waals surface area (Å²) < 4.78 is 0. The van der Waals surface area contributed by atoms with Crippen LogP contribution in [0.25, 0.3) is 0 Å². The molecule has 1 aliphatic heterocycles. The van der Waals surface area contributed by atoms with Gasteiger partial charge in [0.1, 0.15) is 0 Å². The second kappa shape index (κ2) is 7.70. The number of likely N-dealkylation sites (tertiary alicyclic amines) is 1. The second-order valence-electron chi connectivity index (χ2n) is 5.04. The van der Waals surface area contributed by atoms with E-state index in [9.17, 15) is 4.79 Å². The van der Waals surface area contributed by atoms with Crippen LogP contribution in [0.3, 0.4) is 0 Å². The Balaban J connectivity index is 1.84. The average molecular weight is 281 g/mol. The number of rotatable bonds is 7. The Morgan fingerprint density at radius 3 is 2.95 bits per heavy atom. The minimum atomic E-state index is -0.0234. The largest absolute Gasteiger partial charge is 0.303 e. The number of hydrogen-bond donors (Lipinski definition) is 1. The monoisotopic (exact) mass is 281 g/mol. The van der Waals surface area contributed by atoms with Crippen molar-refractivity contribution in [3.63, 3.8) is 0 Å². The van der Waals surface area contributed by atoms with Crippen LogP contribution in [0.2, 0.25) is 0 Å². The van der Waals surface area contributed by atoms with Gasteiger partial charge in [-0.15, -0.1) is 0 Å². The van der Waals surface area contributed by atoms with Crippen LogP contribution >= 0.6 is 11.8 Å². The molecule has 0 unspecified atom stereocenters. The first-order valence-electron chi connectivity index (χ1n) is 7.23. The van der Waals surface area contributed by atoms with E-state index in [0.29, 0.717) is 0 Å². The minimum absolute atomic E-state index is 0.0234. The van der Waals surface area contributed by atoms with Gasteiger partial charge in [-0.1, -0.05) is 25.1 Å². The Morgan fingerprint density at radius 2 is 2.21 bits per heavy atom. The van der Waals surface area contributed by atoms with E-state index in [-0.39, 0.29) is 5.56 Å². The summed E-state index contributed by atoms with van der Waals surface area (Å²) in [6.07, 6.45) is 5.78. The Kier molecular flexibility index (Phi) is 5.92. The molecule has 2 rings (SSSR count). The smallest absolute Gasteiger partial charge is 0.251 e. The van der Waals surface area contributed by atoms with Gasteiger partial charge in [-0.2, -0.15) is 0 Å². The molecule has 1 aliphatic rings. The van der Waals surface area contributed by atoms with E-state index in [1.165, 1.54) is 25.9 Å². The standard InChI is InChI=1S/C14H23N3OS/c1-2-3-6-12-11-13(18)16-14(15-12)19-10-9-17-7-4-5-8-17/h11H,2-10H2,1H3,(H,15,16,18). The molecule has 4 nitrogen and oxygen atoms in total. The number of unbranched alkanes of at least 4 members (excludes halogenated alkanes) is 1. The normalized spacial score (nSPS) is 16.1. The zero-order valence-corrected chi connectivity index (χ0v) is 12.5. The maximum atomic E-state index is 11.6. The van der Waals surface area contributed by atoms with E-state index in [2.05, 4.69) is 21.8 Å². The predicted octanol–water partition coefficient (Wildman–Crippen LogP) is 2.30. The third kappa shape index (κ3) is 4.99. The summed E-state index contributed by atoms with van der Waals surface area (Å²) in [5.41, 5.74) is 0.902. The molecule has 1 aromatic rings. The molecule has 1 aromatic heterocycles. The number of nitrogens with zero attached hydrogens (tertiary/aromatic N) is 2. The first-order valence-corrected chi connectivity index (χ1v) is 8.22. The van der Waals surface area contributed by atoms with Gasteiger partial charge in [0.2, 0.25) is 0 Å². The van der Waals surface area contributed by atoms with Gasteiger partial charge in [0.05, 0.1) is 0 Å². The van der Waals surface area contributed by atoms with E-state index < -0.39 is 0 Å². The number of hydrogen-bond acceptors (Lipinski definition) is 4. The Bertz CT molecular complexity index is 441. The van der Waals surface area contributed by atoms with Crippen LogP contribution in [0.4, 0.5) is 0 Å². The molecule has 106 valence electrons. The highest BCUT2D eigenvalue weighted by atomic mass is 32.2. The SMILES string of the molecule is CCCCc1cc(=O)[nH]c(SCCN2CCCC2)n1. The number of aromatic nitrogens is 2. The van der Waals surface area contributed by atoms with Gasteiger partial charge in [0.15, 0.2) is 5.16 Å². The van der Waals surface area contributed by atoms with Crippen LogP contribution in [-0.4, -0.2) is 40.3 Å². The topological polar surface area (TPSA) is 49.0 Å². The fourth-order valence-corrected chi connectivity index (χ4v) is 3.21. The Labute approximate surface area is 119 Å². The first kappa shape index (κ1) is 14.6. The lowest BCUT2D eigenvalue weighted by Gasteiger charge is -2.13. The number of aromatic amines is 1. The molecule has 1 fully saturated rings. The lowest BCUT2D eigenvalue weighted by molar-refractivity contribution is 0.362. The summed E-state index contributed by atoms with van der Waals surface area (Å²) >= 11 is 1.66. The number of nitrogens with one attached hydrogen (secondary N) is 1. The molecular weight excluding hydrogens is 258 g/mol. The molecule has 19 heavy (non-hydrogen) atoms. The van der Waals surface area contributed by atoms with Crippen LogP contribution < -0.4 is 5.56 Å². The maximum absolute atomic E-state index is 11.6. The summed E-state index contributed by atoms with van der Waals surface area (Å²) in [6.45, 7) is 5.69. The van der Waals surface area contributed by atoms with Gasteiger partial charge in [-0.25, -0.2) is 4.98 Å². The fourth-order valence-electron chi connectivity index (χ4n) is 2.32. The Morgan fingerprint density at radius 1 is 1.42 bits per heavy atom. The highest BCUT2D eigenvalue weighted by molar-refractivity contribution is 7.99. The highest BCUT2D eigenvalue weighted by Crippen LogP contribution is 2.14. The number of H-pyrrole nitrogens is 1. The molecule has 0 radical (unpaired) electrons. The molecule has 0 atom stereocenters. The van der Waals surface area contributed by atoms with Crippen molar-refractivity contribution in [2.75, 3.05) is 25.4 Å². The molecule has 0 amide bonds. The van der Waals surface area contributed by atoms with Crippen molar-refractivity contribution in [3.05, 3.63) is 22.1 Å². The molecule has 0 aromatic carbocycles. The molecular formula is C14H23N3OS. The zero-order chi connectivity index (χ0) is 13.5. The molecule has 2 heterocycles. The molecule has 0 aliphatic carbocycles. The lowest BCUT2D eigenvalue weighted by Crippen LogP contribution is -2.22. The summed E-state index contributed by atoms with van der Waals surface area (Å²) in [6, 6.07) is 1.63. The second-order valence-corrected chi connectivity index (χ2v) is 6.13. The van der Waals surface area contributed by atoms with Crippen molar-refractivity contribution >= 4 is 11.8 Å². The molecule has 0 saturated carbocycles. The van der Waals surface area contributed by atoms with Crippen molar-refractivity contribution in [2.45, 2.75) is 44.2 Å². The van der Waals surface area contributed by atoms with Crippen LogP contribution in [0.5, 0.6) is 0 Å². The van der Waals surface area contributed by atoms with Gasteiger partial charge in [-0.05, 0) is 38.8 Å². The van der Waals surface area contributed by atoms with Crippen LogP contribution in [0, 0.1) is 0 Å². The molecule has 5 heteroatoms. The molecule has 1 saturated heterocycles. The lowest BCUT2D eigenvalue weighted by atomic mass is 10.2. The van der Waals surface area contributed by atoms with Crippen molar-refractivity contribution in [1.82, 2.24) is 14.9 Å². The zero-order valence-electron chi connectivity index (χ0n) is 11.7. The van der Waals surface area contributed by atoms with Gasteiger partial charge < -0.3 is 9.88 Å².